The lowest BCUT2D eigenvalue weighted by Gasteiger charge is -2.11. The Hall–Kier alpha value is -2.68. The van der Waals surface area contributed by atoms with Gasteiger partial charge in [-0.1, -0.05) is 54.6 Å². The van der Waals surface area contributed by atoms with Gasteiger partial charge < -0.3 is 4.57 Å². The van der Waals surface area contributed by atoms with Crippen LogP contribution in [-0.2, 0) is 6.54 Å². The number of rotatable bonds is 4. The topological polar surface area (TPSA) is 34.9 Å². The summed E-state index contributed by atoms with van der Waals surface area (Å²) in [6.07, 6.45) is 1.67. The first-order valence-electron chi connectivity index (χ1n) is 7.33. The third-order valence-corrected chi connectivity index (χ3v) is 3.86. The molecule has 22 heavy (non-hydrogen) atoms. The number of carbonyl (C=O) groups excluding carboxylic acids is 1. The van der Waals surface area contributed by atoms with Crippen molar-refractivity contribution in [3.05, 3.63) is 89.0 Å². The van der Waals surface area contributed by atoms with Crippen LogP contribution in [0.15, 0.2) is 60.8 Å². The summed E-state index contributed by atoms with van der Waals surface area (Å²) < 4.78 is 1.98. The molecule has 0 aliphatic heterocycles. The summed E-state index contributed by atoms with van der Waals surface area (Å²) in [7, 11) is 0. The van der Waals surface area contributed by atoms with Gasteiger partial charge in [-0.25, -0.2) is 4.98 Å². The molecule has 0 bridgehead atoms. The van der Waals surface area contributed by atoms with E-state index < -0.39 is 0 Å². The van der Waals surface area contributed by atoms with E-state index in [1.54, 1.807) is 6.20 Å². The second-order valence-corrected chi connectivity index (χ2v) is 5.41. The van der Waals surface area contributed by atoms with Crippen LogP contribution in [0.25, 0.3) is 0 Å². The van der Waals surface area contributed by atoms with Gasteiger partial charge in [-0.3, -0.25) is 4.79 Å². The molecule has 0 N–H and O–H groups in total. The zero-order valence-corrected chi connectivity index (χ0v) is 12.8. The number of ketones is 1. The van der Waals surface area contributed by atoms with Crippen LogP contribution in [0, 0.1) is 13.8 Å². The molecule has 2 aromatic carbocycles. The normalized spacial score (nSPS) is 10.6. The molecule has 0 aliphatic rings. The Morgan fingerprint density at radius 1 is 1.00 bits per heavy atom. The van der Waals surface area contributed by atoms with Gasteiger partial charge in [0.15, 0.2) is 0 Å². The Morgan fingerprint density at radius 3 is 2.41 bits per heavy atom. The van der Waals surface area contributed by atoms with Gasteiger partial charge in [0.05, 0.1) is 6.20 Å². The van der Waals surface area contributed by atoms with Gasteiger partial charge in [-0.05, 0) is 25.0 Å². The Morgan fingerprint density at radius 2 is 1.68 bits per heavy atom. The highest BCUT2D eigenvalue weighted by atomic mass is 16.1. The lowest BCUT2D eigenvalue weighted by Crippen LogP contribution is -2.13. The van der Waals surface area contributed by atoms with Crippen molar-refractivity contribution in [2.75, 3.05) is 0 Å². The summed E-state index contributed by atoms with van der Waals surface area (Å²) in [4.78, 5) is 17.2. The number of aromatic nitrogens is 2. The number of carbonyl (C=O) groups is 1. The highest BCUT2D eigenvalue weighted by molar-refractivity contribution is 6.08. The molecule has 0 amide bonds. The van der Waals surface area contributed by atoms with Crippen LogP contribution in [0.5, 0.6) is 0 Å². The van der Waals surface area contributed by atoms with Gasteiger partial charge in [0, 0.05) is 12.1 Å². The van der Waals surface area contributed by atoms with Crippen LogP contribution < -0.4 is 0 Å². The van der Waals surface area contributed by atoms with Crippen molar-refractivity contribution in [2.45, 2.75) is 20.4 Å². The summed E-state index contributed by atoms with van der Waals surface area (Å²) in [6.45, 7) is 4.54. The zero-order chi connectivity index (χ0) is 15.5. The first kappa shape index (κ1) is 14.3. The minimum Gasteiger partial charge on any atom is -0.321 e. The average molecular weight is 290 g/mol. The van der Waals surface area contributed by atoms with E-state index in [9.17, 15) is 4.79 Å². The Labute approximate surface area is 130 Å². The van der Waals surface area contributed by atoms with Crippen molar-refractivity contribution in [3.63, 3.8) is 0 Å². The summed E-state index contributed by atoms with van der Waals surface area (Å²) in [5.41, 5.74) is 3.51. The second-order valence-electron chi connectivity index (χ2n) is 5.41. The number of aryl methyl sites for hydroxylation is 2. The van der Waals surface area contributed by atoms with E-state index in [4.69, 9.17) is 0 Å². The van der Waals surface area contributed by atoms with Crippen LogP contribution in [-0.4, -0.2) is 15.3 Å². The quantitative estimate of drug-likeness (QED) is 0.685. The van der Waals surface area contributed by atoms with Crippen LogP contribution in [0.1, 0.15) is 33.0 Å². The van der Waals surface area contributed by atoms with Crippen molar-refractivity contribution >= 4 is 5.78 Å². The minimum absolute atomic E-state index is 0.0228. The van der Waals surface area contributed by atoms with Gasteiger partial charge in [0.2, 0.25) is 5.78 Å². The van der Waals surface area contributed by atoms with E-state index >= 15 is 0 Å². The Kier molecular flexibility index (Phi) is 3.88. The molecule has 0 saturated heterocycles. The third-order valence-electron chi connectivity index (χ3n) is 3.86. The fraction of sp³-hybridized carbons (Fsp3) is 0.158. The molecule has 1 aromatic heterocycles. The van der Waals surface area contributed by atoms with Crippen molar-refractivity contribution in [1.82, 2.24) is 9.55 Å². The summed E-state index contributed by atoms with van der Waals surface area (Å²) in [5, 5.41) is 0. The monoisotopic (exact) mass is 290 g/mol. The number of imidazole rings is 1. The maximum atomic E-state index is 12.8. The van der Waals surface area contributed by atoms with E-state index in [2.05, 4.69) is 17.1 Å². The third kappa shape index (κ3) is 2.70. The SMILES string of the molecule is Cc1ccccc1C(=O)c1cnc(C)n1Cc1ccccc1. The molecule has 0 aliphatic carbocycles. The van der Waals surface area contributed by atoms with Gasteiger partial charge >= 0.3 is 0 Å². The highest BCUT2D eigenvalue weighted by Crippen LogP contribution is 2.16. The predicted molar refractivity (Wildman–Crippen MR) is 87.1 cm³/mol. The molecule has 0 saturated carbocycles. The number of hydrogen-bond acceptors (Lipinski definition) is 2. The number of hydrogen-bond donors (Lipinski definition) is 0. The first-order valence-corrected chi connectivity index (χ1v) is 7.33. The van der Waals surface area contributed by atoms with Crippen LogP contribution in [0.2, 0.25) is 0 Å². The fourth-order valence-electron chi connectivity index (χ4n) is 2.58. The molecule has 3 aromatic rings. The number of benzene rings is 2. The van der Waals surface area contributed by atoms with E-state index in [1.807, 2.05) is 60.9 Å². The standard InChI is InChI=1S/C19H18N2O/c1-14-8-6-7-11-17(14)19(22)18-12-20-15(2)21(18)13-16-9-4-3-5-10-16/h3-12H,13H2,1-2H3. The van der Waals surface area contributed by atoms with Crippen molar-refractivity contribution in [3.8, 4) is 0 Å². The molecule has 0 atom stereocenters. The fourth-order valence-corrected chi connectivity index (χ4v) is 2.58. The average Bonchev–Trinajstić information content (AvgIpc) is 2.89. The van der Waals surface area contributed by atoms with Gasteiger partial charge in [0.1, 0.15) is 11.5 Å². The summed E-state index contributed by atoms with van der Waals surface area (Å²) >= 11 is 0. The summed E-state index contributed by atoms with van der Waals surface area (Å²) in [6, 6.07) is 17.8. The molecule has 1 heterocycles. The molecule has 0 unspecified atom stereocenters. The second kappa shape index (κ2) is 5.98. The number of nitrogens with zero attached hydrogens (tertiary/aromatic N) is 2. The minimum atomic E-state index is 0.0228. The van der Waals surface area contributed by atoms with Gasteiger partial charge in [-0.2, -0.15) is 0 Å². The highest BCUT2D eigenvalue weighted by Gasteiger charge is 2.17. The van der Waals surface area contributed by atoms with Crippen LogP contribution in [0.4, 0.5) is 0 Å². The van der Waals surface area contributed by atoms with Crippen molar-refractivity contribution < 1.29 is 4.79 Å². The molecule has 0 radical (unpaired) electrons. The molecular weight excluding hydrogens is 272 g/mol. The zero-order valence-electron chi connectivity index (χ0n) is 12.8. The molecule has 3 nitrogen and oxygen atoms in total. The summed E-state index contributed by atoms with van der Waals surface area (Å²) in [5.74, 6) is 0.871. The van der Waals surface area contributed by atoms with E-state index in [0.29, 0.717) is 12.2 Å². The van der Waals surface area contributed by atoms with E-state index in [-0.39, 0.29) is 5.78 Å². The maximum Gasteiger partial charge on any atom is 0.211 e. The molecule has 110 valence electrons. The lowest BCUT2D eigenvalue weighted by molar-refractivity contribution is 0.103. The lowest BCUT2D eigenvalue weighted by atomic mass is 10.0. The van der Waals surface area contributed by atoms with Gasteiger partial charge in [0.25, 0.3) is 0 Å². The smallest absolute Gasteiger partial charge is 0.211 e. The van der Waals surface area contributed by atoms with Gasteiger partial charge in [-0.15, -0.1) is 0 Å². The Bertz CT molecular complexity index is 803. The molecule has 0 spiro atoms. The molecule has 3 rings (SSSR count). The largest absolute Gasteiger partial charge is 0.321 e. The van der Waals surface area contributed by atoms with Crippen LogP contribution >= 0.6 is 0 Å². The molecule has 3 heteroatoms. The molecule has 0 fully saturated rings. The van der Waals surface area contributed by atoms with E-state index in [1.165, 1.54) is 0 Å². The van der Waals surface area contributed by atoms with E-state index in [0.717, 1.165) is 22.5 Å². The molecular formula is C19H18N2O. The maximum absolute atomic E-state index is 12.8. The Balaban J connectivity index is 1.99. The predicted octanol–water partition coefficient (Wildman–Crippen LogP) is 3.78. The van der Waals surface area contributed by atoms with Crippen LogP contribution in [0.3, 0.4) is 0 Å². The van der Waals surface area contributed by atoms with Crippen molar-refractivity contribution in [1.29, 1.82) is 0 Å². The van der Waals surface area contributed by atoms with Crippen molar-refractivity contribution in [2.24, 2.45) is 0 Å². The first-order chi connectivity index (χ1) is 10.7.